The summed E-state index contributed by atoms with van der Waals surface area (Å²) in [4.78, 5) is 12.4. The minimum Gasteiger partial charge on any atom is -0.496 e. The molecule has 1 aromatic heterocycles. The van der Waals surface area contributed by atoms with Crippen LogP contribution in [0.1, 0.15) is 0 Å². The van der Waals surface area contributed by atoms with E-state index in [4.69, 9.17) is 16.3 Å². The second-order valence-electron chi connectivity index (χ2n) is 6.66. The SMILES string of the molecule is COc1ccccc1-c1nnc(SCC(=O)Nc2ccc(F)cc2)n1-c1ccc(Cl)cc1. The standard InChI is InChI=1S/C23H18ClFN4O2S/c1-31-20-5-3-2-4-19(20)22-27-28-23(29(22)18-12-6-15(24)7-13-18)32-14-21(30)26-17-10-8-16(25)9-11-17/h2-13H,14H2,1H3,(H,26,30). The molecular formula is C23H18ClFN4O2S. The maximum atomic E-state index is 13.1. The molecule has 6 nitrogen and oxygen atoms in total. The zero-order valence-electron chi connectivity index (χ0n) is 17.0. The van der Waals surface area contributed by atoms with Gasteiger partial charge in [0.1, 0.15) is 11.6 Å². The number of carbonyl (C=O) groups is 1. The van der Waals surface area contributed by atoms with Crippen LogP contribution in [0.25, 0.3) is 17.1 Å². The summed E-state index contributed by atoms with van der Waals surface area (Å²) in [5.74, 6) is 0.713. The minimum atomic E-state index is -0.364. The summed E-state index contributed by atoms with van der Waals surface area (Å²) in [7, 11) is 1.59. The number of thioether (sulfide) groups is 1. The molecule has 0 spiro atoms. The van der Waals surface area contributed by atoms with E-state index in [1.54, 1.807) is 19.2 Å². The van der Waals surface area contributed by atoms with Gasteiger partial charge in [0.2, 0.25) is 5.91 Å². The molecule has 4 aromatic rings. The number of hydrogen-bond acceptors (Lipinski definition) is 5. The quantitative estimate of drug-likeness (QED) is 0.364. The molecule has 0 unspecified atom stereocenters. The number of methoxy groups -OCH3 is 1. The van der Waals surface area contributed by atoms with Gasteiger partial charge in [0.25, 0.3) is 0 Å². The van der Waals surface area contributed by atoms with Crippen molar-refractivity contribution in [1.82, 2.24) is 14.8 Å². The van der Waals surface area contributed by atoms with Gasteiger partial charge in [-0.25, -0.2) is 4.39 Å². The molecule has 0 bridgehead atoms. The lowest BCUT2D eigenvalue weighted by atomic mass is 10.2. The average molecular weight is 469 g/mol. The highest BCUT2D eigenvalue weighted by Gasteiger charge is 2.19. The maximum Gasteiger partial charge on any atom is 0.234 e. The Balaban J connectivity index is 1.63. The number of benzene rings is 3. The average Bonchev–Trinajstić information content (AvgIpc) is 3.23. The Morgan fingerprint density at radius 2 is 1.78 bits per heavy atom. The summed E-state index contributed by atoms with van der Waals surface area (Å²) >= 11 is 7.30. The van der Waals surface area contributed by atoms with E-state index < -0.39 is 0 Å². The Hall–Kier alpha value is -3.36. The highest BCUT2D eigenvalue weighted by molar-refractivity contribution is 7.99. The molecule has 0 saturated carbocycles. The van der Waals surface area contributed by atoms with E-state index in [1.807, 2.05) is 41.0 Å². The zero-order valence-corrected chi connectivity index (χ0v) is 18.5. The van der Waals surface area contributed by atoms with Gasteiger partial charge < -0.3 is 10.1 Å². The van der Waals surface area contributed by atoms with Gasteiger partial charge >= 0.3 is 0 Å². The van der Waals surface area contributed by atoms with E-state index in [2.05, 4.69) is 15.5 Å². The molecule has 1 N–H and O–H groups in total. The smallest absolute Gasteiger partial charge is 0.234 e. The van der Waals surface area contributed by atoms with Gasteiger partial charge in [-0.05, 0) is 60.7 Å². The molecule has 0 aliphatic rings. The van der Waals surface area contributed by atoms with E-state index in [1.165, 1.54) is 36.0 Å². The van der Waals surface area contributed by atoms with E-state index in [0.29, 0.717) is 27.4 Å². The summed E-state index contributed by atoms with van der Waals surface area (Å²) in [6.07, 6.45) is 0. The number of rotatable bonds is 7. The summed E-state index contributed by atoms with van der Waals surface area (Å²) < 4.78 is 20.4. The van der Waals surface area contributed by atoms with Crippen LogP contribution in [0.4, 0.5) is 10.1 Å². The van der Waals surface area contributed by atoms with Crippen LogP contribution < -0.4 is 10.1 Å². The van der Waals surface area contributed by atoms with Gasteiger partial charge in [-0.15, -0.1) is 10.2 Å². The van der Waals surface area contributed by atoms with Crippen molar-refractivity contribution in [3.8, 4) is 22.8 Å². The van der Waals surface area contributed by atoms with E-state index >= 15 is 0 Å². The Morgan fingerprint density at radius 3 is 2.50 bits per heavy atom. The molecule has 0 atom stereocenters. The van der Waals surface area contributed by atoms with Crippen molar-refractivity contribution >= 4 is 35.0 Å². The summed E-state index contributed by atoms with van der Waals surface area (Å²) in [5.41, 5.74) is 2.08. The van der Waals surface area contributed by atoms with Gasteiger partial charge in [-0.1, -0.05) is 35.5 Å². The van der Waals surface area contributed by atoms with Crippen molar-refractivity contribution in [2.45, 2.75) is 5.16 Å². The first-order valence-corrected chi connectivity index (χ1v) is 10.9. The molecule has 1 heterocycles. The first-order chi connectivity index (χ1) is 15.5. The lowest BCUT2D eigenvalue weighted by Crippen LogP contribution is -2.14. The van der Waals surface area contributed by atoms with Crippen LogP contribution in [-0.2, 0) is 4.79 Å². The number of para-hydroxylation sites is 1. The van der Waals surface area contributed by atoms with E-state index in [9.17, 15) is 9.18 Å². The van der Waals surface area contributed by atoms with Crippen molar-refractivity contribution in [1.29, 1.82) is 0 Å². The molecule has 9 heteroatoms. The predicted octanol–water partition coefficient (Wildman–Crippen LogP) is 5.47. The van der Waals surface area contributed by atoms with Gasteiger partial charge in [-0.3, -0.25) is 9.36 Å². The topological polar surface area (TPSA) is 69.0 Å². The third-order valence-corrected chi connectivity index (χ3v) is 5.71. The Morgan fingerprint density at radius 1 is 1.06 bits per heavy atom. The number of ether oxygens (including phenoxy) is 1. The van der Waals surface area contributed by atoms with Crippen LogP contribution >= 0.6 is 23.4 Å². The van der Waals surface area contributed by atoms with Crippen LogP contribution in [0, 0.1) is 5.82 Å². The van der Waals surface area contributed by atoms with Crippen LogP contribution in [-0.4, -0.2) is 33.5 Å². The van der Waals surface area contributed by atoms with Crippen molar-refractivity contribution in [3.05, 3.63) is 83.6 Å². The molecule has 0 fully saturated rings. The second-order valence-corrected chi connectivity index (χ2v) is 8.04. The first kappa shape index (κ1) is 21.9. The number of nitrogens with one attached hydrogen (secondary N) is 1. The number of nitrogens with zero attached hydrogens (tertiary/aromatic N) is 3. The zero-order chi connectivity index (χ0) is 22.5. The largest absolute Gasteiger partial charge is 0.496 e. The molecule has 1 amide bonds. The fourth-order valence-electron chi connectivity index (χ4n) is 3.05. The number of hydrogen-bond donors (Lipinski definition) is 1. The van der Waals surface area contributed by atoms with E-state index in [-0.39, 0.29) is 17.5 Å². The number of anilines is 1. The molecular weight excluding hydrogens is 451 g/mol. The van der Waals surface area contributed by atoms with Crippen molar-refractivity contribution in [3.63, 3.8) is 0 Å². The molecule has 32 heavy (non-hydrogen) atoms. The molecule has 0 radical (unpaired) electrons. The first-order valence-electron chi connectivity index (χ1n) is 9.58. The molecule has 3 aromatic carbocycles. The van der Waals surface area contributed by atoms with Crippen LogP contribution in [0.2, 0.25) is 5.02 Å². The lowest BCUT2D eigenvalue weighted by Gasteiger charge is -2.12. The van der Waals surface area contributed by atoms with Gasteiger partial charge in [0.15, 0.2) is 11.0 Å². The normalized spacial score (nSPS) is 10.7. The number of carbonyl (C=O) groups excluding carboxylic acids is 1. The monoisotopic (exact) mass is 468 g/mol. The lowest BCUT2D eigenvalue weighted by molar-refractivity contribution is -0.113. The minimum absolute atomic E-state index is 0.0923. The third-order valence-electron chi connectivity index (χ3n) is 4.53. The highest BCUT2D eigenvalue weighted by atomic mass is 35.5. The van der Waals surface area contributed by atoms with Crippen molar-refractivity contribution in [2.75, 3.05) is 18.2 Å². The predicted molar refractivity (Wildman–Crippen MR) is 124 cm³/mol. The van der Waals surface area contributed by atoms with Crippen molar-refractivity contribution < 1.29 is 13.9 Å². The summed E-state index contributed by atoms with van der Waals surface area (Å²) in [6, 6.07) is 20.4. The highest BCUT2D eigenvalue weighted by Crippen LogP contribution is 2.33. The van der Waals surface area contributed by atoms with Crippen LogP contribution in [0.5, 0.6) is 5.75 Å². The molecule has 0 aliphatic carbocycles. The number of halogens is 2. The Labute approximate surface area is 193 Å². The molecule has 162 valence electrons. The van der Waals surface area contributed by atoms with Crippen LogP contribution in [0.3, 0.4) is 0 Å². The Kier molecular flexibility index (Phi) is 6.72. The fourth-order valence-corrected chi connectivity index (χ4v) is 3.93. The molecule has 4 rings (SSSR count). The number of aromatic nitrogens is 3. The fraction of sp³-hybridized carbons (Fsp3) is 0.0870. The maximum absolute atomic E-state index is 13.1. The van der Waals surface area contributed by atoms with Crippen molar-refractivity contribution in [2.24, 2.45) is 0 Å². The molecule has 0 aliphatic heterocycles. The van der Waals surface area contributed by atoms with Crippen LogP contribution in [0.15, 0.2) is 78.0 Å². The van der Waals surface area contributed by atoms with Gasteiger partial charge in [-0.2, -0.15) is 0 Å². The van der Waals surface area contributed by atoms with E-state index in [0.717, 1.165) is 11.3 Å². The second kappa shape index (κ2) is 9.84. The van der Waals surface area contributed by atoms with Gasteiger partial charge in [0, 0.05) is 16.4 Å². The number of amides is 1. The molecule has 0 saturated heterocycles. The third kappa shape index (κ3) is 4.92. The van der Waals surface area contributed by atoms with Gasteiger partial charge in [0.05, 0.1) is 18.4 Å². The Bertz CT molecular complexity index is 1230. The summed E-state index contributed by atoms with van der Waals surface area (Å²) in [6.45, 7) is 0. The summed E-state index contributed by atoms with van der Waals surface area (Å²) in [5, 5.41) is 12.6.